The minimum atomic E-state index is 0.839. The maximum Gasteiger partial charge on any atom is 0.00966 e. The molecule has 2 unspecified atom stereocenters. The number of nitrogens with zero attached hydrogens (tertiary/aromatic N) is 1. The molecule has 0 radical (unpaired) electrons. The van der Waals surface area contributed by atoms with Crippen molar-refractivity contribution in [3.8, 4) is 0 Å². The van der Waals surface area contributed by atoms with E-state index in [1.54, 1.807) is 0 Å². The lowest BCUT2D eigenvalue weighted by atomic mass is 9.79. The highest BCUT2D eigenvalue weighted by molar-refractivity contribution is 7.99. The Morgan fingerprint density at radius 2 is 1.79 bits per heavy atom. The van der Waals surface area contributed by atoms with Crippen molar-refractivity contribution in [3.63, 3.8) is 0 Å². The van der Waals surface area contributed by atoms with E-state index in [-0.39, 0.29) is 0 Å². The Hall–Kier alpha value is 0.270. The summed E-state index contributed by atoms with van der Waals surface area (Å²) in [4.78, 5) is 2.75. The van der Waals surface area contributed by atoms with Crippen LogP contribution in [-0.4, -0.2) is 42.1 Å². The third-order valence-electron chi connectivity index (χ3n) is 4.15. The first-order valence-electron chi connectivity index (χ1n) is 5.90. The van der Waals surface area contributed by atoms with E-state index in [0.29, 0.717) is 0 Å². The van der Waals surface area contributed by atoms with Crippen LogP contribution in [0.4, 0.5) is 0 Å². The molecule has 0 spiro atoms. The highest BCUT2D eigenvalue weighted by Gasteiger charge is 2.42. The van der Waals surface area contributed by atoms with Crippen molar-refractivity contribution in [1.82, 2.24) is 4.90 Å². The van der Waals surface area contributed by atoms with E-state index >= 15 is 0 Å². The van der Waals surface area contributed by atoms with Crippen molar-refractivity contribution in [2.45, 2.75) is 18.9 Å². The first-order valence-corrected chi connectivity index (χ1v) is 7.06. The molecule has 2 aliphatic heterocycles. The monoisotopic (exact) mass is 212 g/mol. The number of piperidine rings is 1. The van der Waals surface area contributed by atoms with Crippen molar-refractivity contribution in [2.24, 2.45) is 23.5 Å². The summed E-state index contributed by atoms with van der Waals surface area (Å²) in [6.45, 7) is 3.61. The molecule has 0 aromatic carbocycles. The molecular formula is C11H20N2S. The zero-order valence-corrected chi connectivity index (χ0v) is 9.51. The number of nitrogens with two attached hydrogens (primary N) is 1. The van der Waals surface area contributed by atoms with Gasteiger partial charge in [-0.15, -0.1) is 0 Å². The molecule has 14 heavy (non-hydrogen) atoms. The van der Waals surface area contributed by atoms with Crippen LogP contribution in [0.25, 0.3) is 0 Å². The lowest BCUT2D eigenvalue weighted by Crippen LogP contribution is -2.53. The molecule has 2 nitrogen and oxygen atoms in total. The fraction of sp³-hybridized carbons (Fsp3) is 1.00. The molecule has 3 rings (SSSR count). The Labute approximate surface area is 90.6 Å². The van der Waals surface area contributed by atoms with E-state index < -0.39 is 0 Å². The van der Waals surface area contributed by atoms with Gasteiger partial charge in [-0.1, -0.05) is 0 Å². The molecule has 1 aliphatic carbocycles. The third-order valence-corrected chi connectivity index (χ3v) is 5.48. The Bertz CT molecular complexity index is 203. The van der Waals surface area contributed by atoms with Crippen LogP contribution in [-0.2, 0) is 0 Å². The van der Waals surface area contributed by atoms with Crippen molar-refractivity contribution >= 4 is 11.8 Å². The fourth-order valence-corrected chi connectivity index (χ4v) is 4.63. The number of fused-ring (bicyclic) bond motifs is 2. The second kappa shape index (κ2) is 3.69. The van der Waals surface area contributed by atoms with Crippen molar-refractivity contribution in [1.29, 1.82) is 0 Å². The zero-order chi connectivity index (χ0) is 9.54. The first-order chi connectivity index (χ1) is 6.88. The number of hydrogen-bond acceptors (Lipinski definition) is 3. The minimum absolute atomic E-state index is 0.839. The first kappa shape index (κ1) is 9.49. The van der Waals surface area contributed by atoms with Crippen LogP contribution in [0.1, 0.15) is 12.8 Å². The van der Waals surface area contributed by atoms with Crippen LogP contribution in [0.5, 0.6) is 0 Å². The number of rotatable bonds is 2. The van der Waals surface area contributed by atoms with E-state index in [0.717, 1.165) is 30.3 Å². The quantitative estimate of drug-likeness (QED) is 0.741. The standard InChI is InChI=1S/C11H20N2S/c12-3-11-8-4-13(10-1-2-10)5-9(11)7-14-6-8/h8-11H,1-7,12H2. The molecule has 3 heteroatoms. The summed E-state index contributed by atoms with van der Waals surface area (Å²) < 4.78 is 0. The molecule has 3 fully saturated rings. The highest BCUT2D eigenvalue weighted by Crippen LogP contribution is 2.41. The molecule has 0 aromatic heterocycles. The molecule has 2 saturated heterocycles. The molecule has 3 aliphatic rings. The predicted octanol–water partition coefficient (Wildman–Crippen LogP) is 1.02. The van der Waals surface area contributed by atoms with Gasteiger partial charge in [-0.05, 0) is 48.6 Å². The summed E-state index contributed by atoms with van der Waals surface area (Å²) in [7, 11) is 0. The number of hydrogen-bond donors (Lipinski definition) is 1. The average molecular weight is 212 g/mol. The second-order valence-corrected chi connectivity index (χ2v) is 6.22. The Morgan fingerprint density at radius 1 is 1.14 bits per heavy atom. The van der Waals surface area contributed by atoms with Crippen LogP contribution < -0.4 is 5.73 Å². The van der Waals surface area contributed by atoms with Crippen molar-refractivity contribution in [3.05, 3.63) is 0 Å². The summed E-state index contributed by atoms with van der Waals surface area (Å²) in [6, 6.07) is 0.960. The Kier molecular flexibility index (Phi) is 2.50. The second-order valence-electron chi connectivity index (χ2n) is 5.14. The van der Waals surface area contributed by atoms with E-state index in [4.69, 9.17) is 5.73 Å². The summed E-state index contributed by atoms with van der Waals surface area (Å²) in [5.74, 6) is 5.37. The van der Waals surface area contributed by atoms with Gasteiger partial charge < -0.3 is 5.73 Å². The van der Waals surface area contributed by atoms with Crippen LogP contribution in [0.15, 0.2) is 0 Å². The lowest BCUT2D eigenvalue weighted by Gasteiger charge is -2.47. The number of likely N-dealkylation sites (tertiary alicyclic amines) is 1. The summed E-state index contributed by atoms with van der Waals surface area (Å²) >= 11 is 2.16. The molecule has 80 valence electrons. The van der Waals surface area contributed by atoms with Crippen molar-refractivity contribution < 1.29 is 0 Å². The van der Waals surface area contributed by atoms with Crippen LogP contribution in [0, 0.1) is 17.8 Å². The molecule has 2 N–H and O–H groups in total. The molecule has 0 amide bonds. The van der Waals surface area contributed by atoms with Crippen LogP contribution in [0.3, 0.4) is 0 Å². The van der Waals surface area contributed by atoms with Crippen molar-refractivity contribution in [2.75, 3.05) is 31.1 Å². The average Bonchev–Trinajstić information content (AvgIpc) is 2.98. The van der Waals surface area contributed by atoms with E-state index in [1.807, 2.05) is 0 Å². The van der Waals surface area contributed by atoms with Gasteiger partial charge in [-0.2, -0.15) is 11.8 Å². The molecule has 2 atom stereocenters. The van der Waals surface area contributed by atoms with Gasteiger partial charge in [0.2, 0.25) is 0 Å². The normalized spacial score (nSPS) is 43.9. The smallest absolute Gasteiger partial charge is 0.00966 e. The largest absolute Gasteiger partial charge is 0.330 e. The summed E-state index contributed by atoms with van der Waals surface area (Å²) in [5, 5.41) is 0. The SMILES string of the molecule is NCC1C2CSCC1CN(C1CC1)C2. The molecular weight excluding hydrogens is 192 g/mol. The molecule has 2 bridgehead atoms. The fourth-order valence-electron chi connectivity index (χ4n) is 3.18. The maximum atomic E-state index is 5.90. The van der Waals surface area contributed by atoms with Gasteiger partial charge in [0, 0.05) is 19.1 Å². The van der Waals surface area contributed by atoms with Gasteiger partial charge in [-0.3, -0.25) is 4.90 Å². The number of thioether (sulfide) groups is 1. The van der Waals surface area contributed by atoms with E-state index in [2.05, 4.69) is 16.7 Å². The van der Waals surface area contributed by atoms with Crippen LogP contribution >= 0.6 is 11.8 Å². The predicted molar refractivity (Wildman–Crippen MR) is 61.4 cm³/mol. The van der Waals surface area contributed by atoms with Gasteiger partial charge in [0.1, 0.15) is 0 Å². The molecule has 0 aromatic rings. The van der Waals surface area contributed by atoms with E-state index in [9.17, 15) is 0 Å². The minimum Gasteiger partial charge on any atom is -0.330 e. The molecule has 1 saturated carbocycles. The van der Waals surface area contributed by atoms with Crippen LogP contribution in [0.2, 0.25) is 0 Å². The highest BCUT2D eigenvalue weighted by atomic mass is 32.2. The Balaban J connectivity index is 1.71. The lowest BCUT2D eigenvalue weighted by molar-refractivity contribution is 0.0763. The summed E-state index contributed by atoms with van der Waals surface area (Å²) in [6.07, 6.45) is 2.92. The van der Waals surface area contributed by atoms with Gasteiger partial charge in [0.25, 0.3) is 0 Å². The third kappa shape index (κ3) is 1.59. The van der Waals surface area contributed by atoms with Gasteiger partial charge in [-0.25, -0.2) is 0 Å². The summed E-state index contributed by atoms with van der Waals surface area (Å²) in [5.41, 5.74) is 5.90. The molecule has 2 heterocycles. The van der Waals surface area contributed by atoms with Gasteiger partial charge >= 0.3 is 0 Å². The maximum absolute atomic E-state index is 5.90. The zero-order valence-electron chi connectivity index (χ0n) is 8.69. The van der Waals surface area contributed by atoms with Gasteiger partial charge in [0.15, 0.2) is 0 Å². The van der Waals surface area contributed by atoms with Gasteiger partial charge in [0.05, 0.1) is 0 Å². The van der Waals surface area contributed by atoms with E-state index in [1.165, 1.54) is 37.4 Å². The topological polar surface area (TPSA) is 29.3 Å². The Morgan fingerprint density at radius 3 is 2.29 bits per heavy atom.